The largest absolute Gasteiger partial charge is 0.388 e. The zero-order valence-corrected chi connectivity index (χ0v) is 12.1. The van der Waals surface area contributed by atoms with Gasteiger partial charge in [0.25, 0.3) is 0 Å². The zero-order valence-electron chi connectivity index (χ0n) is 12.1. The second-order valence-electron chi connectivity index (χ2n) is 4.81. The molecule has 1 heterocycles. The van der Waals surface area contributed by atoms with E-state index >= 15 is 0 Å². The van der Waals surface area contributed by atoms with E-state index in [1.165, 1.54) is 19.9 Å². The van der Waals surface area contributed by atoms with Crippen LogP contribution in [-0.2, 0) is 19.1 Å². The summed E-state index contributed by atoms with van der Waals surface area (Å²) in [7, 11) is 0. The Balaban J connectivity index is 2.79. The van der Waals surface area contributed by atoms with Crippen molar-refractivity contribution in [1.82, 2.24) is 10.6 Å². The van der Waals surface area contributed by atoms with Gasteiger partial charge in [0.1, 0.15) is 24.4 Å². The Kier molecular flexibility index (Phi) is 6.76. The number of amides is 2. The van der Waals surface area contributed by atoms with Crippen LogP contribution in [0, 0.1) is 0 Å². The van der Waals surface area contributed by atoms with Crippen molar-refractivity contribution in [3.63, 3.8) is 0 Å². The molecule has 1 aliphatic heterocycles. The van der Waals surface area contributed by atoms with Crippen molar-refractivity contribution in [2.75, 3.05) is 13.2 Å². The van der Waals surface area contributed by atoms with Gasteiger partial charge in [-0.15, -0.1) is 6.58 Å². The standard InChI is InChI=1S/C13H22N2O6/c1-4-5-20-13-10(15-8(3)17)12(19)11(18)9(21-13)6-14-7(2)16/h4,9-13,18-19H,1,5-6H2,2-3H3,(H,14,16)(H,15,17). The van der Waals surface area contributed by atoms with Crippen LogP contribution in [0.1, 0.15) is 13.8 Å². The molecule has 0 aromatic carbocycles. The van der Waals surface area contributed by atoms with Crippen LogP contribution >= 0.6 is 0 Å². The van der Waals surface area contributed by atoms with E-state index in [1.54, 1.807) is 0 Å². The van der Waals surface area contributed by atoms with Gasteiger partial charge in [-0.2, -0.15) is 0 Å². The highest BCUT2D eigenvalue weighted by Gasteiger charge is 2.45. The normalized spacial score (nSPS) is 32.3. The molecule has 5 unspecified atom stereocenters. The molecule has 4 N–H and O–H groups in total. The minimum Gasteiger partial charge on any atom is -0.388 e. The van der Waals surface area contributed by atoms with E-state index in [1.807, 2.05) is 0 Å². The summed E-state index contributed by atoms with van der Waals surface area (Å²) in [4.78, 5) is 22.1. The fourth-order valence-corrected chi connectivity index (χ4v) is 2.04. The van der Waals surface area contributed by atoms with Crippen LogP contribution in [0.3, 0.4) is 0 Å². The molecular weight excluding hydrogens is 280 g/mol. The number of rotatable bonds is 6. The first-order valence-electron chi connectivity index (χ1n) is 6.62. The molecule has 21 heavy (non-hydrogen) atoms. The van der Waals surface area contributed by atoms with E-state index in [-0.39, 0.29) is 25.0 Å². The van der Waals surface area contributed by atoms with Crippen LogP contribution in [0.2, 0.25) is 0 Å². The molecule has 2 amide bonds. The lowest BCUT2D eigenvalue weighted by molar-refractivity contribution is -0.259. The molecule has 0 saturated carbocycles. The van der Waals surface area contributed by atoms with Crippen molar-refractivity contribution in [1.29, 1.82) is 0 Å². The number of ether oxygens (including phenoxy) is 2. The van der Waals surface area contributed by atoms with E-state index in [4.69, 9.17) is 9.47 Å². The second-order valence-corrected chi connectivity index (χ2v) is 4.81. The molecule has 0 bridgehead atoms. The summed E-state index contributed by atoms with van der Waals surface area (Å²) in [5.74, 6) is -0.671. The maximum absolute atomic E-state index is 11.2. The zero-order chi connectivity index (χ0) is 16.0. The summed E-state index contributed by atoms with van der Waals surface area (Å²) in [6.07, 6.45) is -2.85. The van der Waals surface area contributed by atoms with Gasteiger partial charge >= 0.3 is 0 Å². The predicted molar refractivity (Wildman–Crippen MR) is 73.1 cm³/mol. The summed E-state index contributed by atoms with van der Waals surface area (Å²) < 4.78 is 10.9. The molecule has 1 fully saturated rings. The number of hydrogen-bond donors (Lipinski definition) is 4. The van der Waals surface area contributed by atoms with Gasteiger partial charge in [0.15, 0.2) is 6.29 Å². The van der Waals surface area contributed by atoms with Crippen molar-refractivity contribution >= 4 is 11.8 Å². The van der Waals surface area contributed by atoms with Gasteiger partial charge < -0.3 is 30.3 Å². The molecule has 8 nitrogen and oxygen atoms in total. The molecular formula is C13H22N2O6. The first-order chi connectivity index (χ1) is 9.86. The van der Waals surface area contributed by atoms with E-state index < -0.39 is 30.6 Å². The Morgan fingerprint density at radius 1 is 1.29 bits per heavy atom. The average Bonchev–Trinajstić information content (AvgIpc) is 2.41. The third-order valence-electron chi connectivity index (χ3n) is 3.00. The molecule has 1 aliphatic rings. The van der Waals surface area contributed by atoms with Gasteiger partial charge in [-0.1, -0.05) is 6.08 Å². The Labute approximate surface area is 123 Å². The summed E-state index contributed by atoms with van der Waals surface area (Å²) in [5.41, 5.74) is 0. The van der Waals surface area contributed by atoms with Crippen molar-refractivity contribution < 1.29 is 29.3 Å². The minimum atomic E-state index is -1.28. The molecule has 5 atom stereocenters. The number of aliphatic hydroxyl groups excluding tert-OH is 2. The molecule has 1 rings (SSSR count). The summed E-state index contributed by atoms with van der Waals surface area (Å²) in [6.45, 7) is 6.29. The summed E-state index contributed by atoms with van der Waals surface area (Å²) in [6, 6.07) is -0.911. The fourth-order valence-electron chi connectivity index (χ4n) is 2.04. The van der Waals surface area contributed by atoms with E-state index in [0.29, 0.717) is 0 Å². The lowest BCUT2D eigenvalue weighted by atomic mass is 9.96. The quantitative estimate of drug-likeness (QED) is 0.434. The number of aliphatic hydroxyl groups is 2. The summed E-state index contributed by atoms with van der Waals surface area (Å²) in [5, 5.41) is 25.1. The van der Waals surface area contributed by atoms with Gasteiger partial charge in [0.05, 0.1) is 6.61 Å². The Bertz CT molecular complexity index is 387. The average molecular weight is 302 g/mol. The van der Waals surface area contributed by atoms with Crippen molar-refractivity contribution in [2.24, 2.45) is 0 Å². The lowest BCUT2D eigenvalue weighted by Crippen LogP contribution is -2.65. The molecule has 1 saturated heterocycles. The second kappa shape index (κ2) is 8.08. The van der Waals surface area contributed by atoms with Gasteiger partial charge in [-0.05, 0) is 0 Å². The van der Waals surface area contributed by atoms with Gasteiger partial charge in [0, 0.05) is 20.4 Å². The molecule has 8 heteroatoms. The SMILES string of the molecule is C=CCOC1OC(CNC(C)=O)C(O)C(O)C1NC(C)=O. The van der Waals surface area contributed by atoms with Crippen LogP contribution in [0.5, 0.6) is 0 Å². The molecule has 120 valence electrons. The number of carbonyl (C=O) groups excluding carboxylic acids is 2. The summed E-state index contributed by atoms with van der Waals surface area (Å²) >= 11 is 0. The first kappa shape index (κ1) is 17.6. The molecule has 0 aliphatic carbocycles. The van der Waals surface area contributed by atoms with Gasteiger partial charge in [0.2, 0.25) is 11.8 Å². The van der Waals surface area contributed by atoms with Crippen molar-refractivity contribution in [2.45, 2.75) is 44.5 Å². The van der Waals surface area contributed by atoms with E-state index in [0.717, 1.165) is 0 Å². The smallest absolute Gasteiger partial charge is 0.217 e. The molecule has 0 spiro atoms. The lowest BCUT2D eigenvalue weighted by Gasteiger charge is -2.42. The van der Waals surface area contributed by atoms with Crippen molar-refractivity contribution in [3.05, 3.63) is 12.7 Å². The molecule has 0 radical (unpaired) electrons. The first-order valence-corrected chi connectivity index (χ1v) is 6.62. The van der Waals surface area contributed by atoms with Crippen LogP contribution < -0.4 is 10.6 Å². The Morgan fingerprint density at radius 2 is 1.95 bits per heavy atom. The minimum absolute atomic E-state index is 0.0221. The Hall–Kier alpha value is -1.48. The van der Waals surface area contributed by atoms with Gasteiger partial charge in [-0.3, -0.25) is 9.59 Å². The van der Waals surface area contributed by atoms with Crippen LogP contribution in [0.15, 0.2) is 12.7 Å². The highest BCUT2D eigenvalue weighted by atomic mass is 16.7. The predicted octanol–water partition coefficient (Wildman–Crippen LogP) is -1.72. The van der Waals surface area contributed by atoms with Crippen LogP contribution in [0.4, 0.5) is 0 Å². The monoisotopic (exact) mass is 302 g/mol. The van der Waals surface area contributed by atoms with Crippen LogP contribution in [0.25, 0.3) is 0 Å². The maximum atomic E-state index is 11.2. The molecule has 0 aromatic rings. The number of nitrogens with one attached hydrogen (secondary N) is 2. The topological polar surface area (TPSA) is 117 Å². The Morgan fingerprint density at radius 3 is 2.48 bits per heavy atom. The van der Waals surface area contributed by atoms with Crippen LogP contribution in [-0.4, -0.2) is 65.8 Å². The van der Waals surface area contributed by atoms with E-state index in [2.05, 4.69) is 17.2 Å². The van der Waals surface area contributed by atoms with Gasteiger partial charge in [-0.25, -0.2) is 0 Å². The third kappa shape index (κ3) is 5.09. The highest BCUT2D eigenvalue weighted by molar-refractivity contribution is 5.73. The highest BCUT2D eigenvalue weighted by Crippen LogP contribution is 2.22. The number of carbonyl (C=O) groups is 2. The number of hydrogen-bond acceptors (Lipinski definition) is 6. The third-order valence-corrected chi connectivity index (χ3v) is 3.00. The maximum Gasteiger partial charge on any atom is 0.217 e. The van der Waals surface area contributed by atoms with Crippen molar-refractivity contribution in [3.8, 4) is 0 Å². The fraction of sp³-hybridized carbons (Fsp3) is 0.692. The van der Waals surface area contributed by atoms with E-state index in [9.17, 15) is 19.8 Å². The molecule has 0 aromatic heterocycles.